The van der Waals surface area contributed by atoms with Crippen LogP contribution in [0.25, 0.3) is 10.9 Å². The summed E-state index contributed by atoms with van der Waals surface area (Å²) < 4.78 is 13.5. The zero-order valence-corrected chi connectivity index (χ0v) is 20.9. The first-order chi connectivity index (χ1) is 16.3. The van der Waals surface area contributed by atoms with Gasteiger partial charge in [-0.1, -0.05) is 6.92 Å². The number of rotatable bonds is 9. The Labute approximate surface area is 200 Å². The number of nitrogens with one attached hydrogen (secondary N) is 1. The van der Waals surface area contributed by atoms with Crippen LogP contribution < -0.4 is 10.3 Å². The van der Waals surface area contributed by atoms with Gasteiger partial charge in [-0.25, -0.2) is 4.68 Å². The number of pyridine rings is 1. The number of H-pyrrole nitrogens is 1. The monoisotopic (exact) mass is 468 g/mol. The van der Waals surface area contributed by atoms with E-state index in [-0.39, 0.29) is 23.2 Å². The van der Waals surface area contributed by atoms with E-state index in [1.165, 1.54) is 0 Å². The molecule has 0 amide bonds. The number of fused-ring (bicyclic) bond motifs is 1. The second-order valence-electron chi connectivity index (χ2n) is 9.91. The minimum atomic E-state index is -0.252. The molecule has 184 valence electrons. The van der Waals surface area contributed by atoms with Crippen molar-refractivity contribution in [3.8, 4) is 5.75 Å². The zero-order valence-electron chi connectivity index (χ0n) is 20.9. The molecule has 2 aromatic heterocycles. The van der Waals surface area contributed by atoms with Gasteiger partial charge < -0.3 is 14.5 Å². The van der Waals surface area contributed by atoms with Crippen LogP contribution >= 0.6 is 0 Å². The summed E-state index contributed by atoms with van der Waals surface area (Å²) in [5.41, 5.74) is 1.16. The Morgan fingerprint density at radius 1 is 1.29 bits per heavy atom. The highest BCUT2D eigenvalue weighted by atomic mass is 16.5. The SMILES string of the molecule is CCOc1ccc2[nH]c(=O)c(CN(C[C@H]3CCCO3)[C@@H](CC)c3nnnn3C(C)(C)C)cc2c1. The second-order valence-corrected chi connectivity index (χ2v) is 9.91. The summed E-state index contributed by atoms with van der Waals surface area (Å²) in [6, 6.07) is 7.66. The third-order valence-electron chi connectivity index (χ3n) is 6.29. The van der Waals surface area contributed by atoms with Crippen LogP contribution in [0.3, 0.4) is 0 Å². The number of nitrogens with zero attached hydrogens (tertiary/aromatic N) is 5. The smallest absolute Gasteiger partial charge is 0.252 e. The lowest BCUT2D eigenvalue weighted by atomic mass is 10.1. The van der Waals surface area contributed by atoms with E-state index >= 15 is 0 Å². The van der Waals surface area contributed by atoms with Gasteiger partial charge in [-0.05, 0) is 81.6 Å². The molecule has 0 unspecified atom stereocenters. The maximum absolute atomic E-state index is 13.0. The third-order valence-corrected chi connectivity index (χ3v) is 6.29. The Morgan fingerprint density at radius 2 is 2.12 bits per heavy atom. The second kappa shape index (κ2) is 10.2. The molecule has 1 saturated heterocycles. The fourth-order valence-electron chi connectivity index (χ4n) is 4.66. The van der Waals surface area contributed by atoms with Crippen molar-refractivity contribution >= 4 is 10.9 Å². The van der Waals surface area contributed by atoms with Crippen molar-refractivity contribution in [3.05, 3.63) is 46.0 Å². The lowest BCUT2D eigenvalue weighted by molar-refractivity contribution is 0.0478. The molecular weight excluding hydrogens is 432 g/mol. The van der Waals surface area contributed by atoms with E-state index in [2.05, 4.69) is 53.1 Å². The number of tetrazole rings is 1. The highest BCUT2D eigenvalue weighted by Crippen LogP contribution is 2.29. The minimum absolute atomic E-state index is 0.0525. The summed E-state index contributed by atoms with van der Waals surface area (Å²) >= 11 is 0. The lowest BCUT2D eigenvalue weighted by Gasteiger charge is -2.33. The van der Waals surface area contributed by atoms with Gasteiger partial charge in [0.15, 0.2) is 5.82 Å². The summed E-state index contributed by atoms with van der Waals surface area (Å²) in [6.07, 6.45) is 3.02. The molecule has 4 rings (SSSR count). The standard InChI is InChI=1S/C25H36N6O3/c1-6-22(23-27-28-29-31(23)25(3,4)5)30(16-20-9-8-12-34-20)15-18-13-17-14-19(33-7-2)10-11-21(17)26-24(18)32/h10-11,13-14,20,22H,6-9,12,15-16H2,1-5H3,(H,26,32)/t20-,22+/m1/s1. The van der Waals surface area contributed by atoms with Crippen LogP contribution in [0.5, 0.6) is 5.75 Å². The summed E-state index contributed by atoms with van der Waals surface area (Å²) in [4.78, 5) is 18.4. The van der Waals surface area contributed by atoms with E-state index in [1.54, 1.807) is 0 Å². The maximum Gasteiger partial charge on any atom is 0.252 e. The van der Waals surface area contributed by atoms with Crippen molar-refractivity contribution in [1.82, 2.24) is 30.1 Å². The molecule has 9 heteroatoms. The molecule has 0 bridgehead atoms. The summed E-state index contributed by atoms with van der Waals surface area (Å²) in [7, 11) is 0. The topological polar surface area (TPSA) is 98.2 Å². The van der Waals surface area contributed by atoms with Crippen molar-refractivity contribution in [3.63, 3.8) is 0 Å². The molecule has 0 spiro atoms. The minimum Gasteiger partial charge on any atom is -0.494 e. The molecule has 1 fully saturated rings. The number of hydrogen-bond donors (Lipinski definition) is 1. The zero-order chi connectivity index (χ0) is 24.3. The maximum atomic E-state index is 13.0. The van der Waals surface area contributed by atoms with E-state index in [4.69, 9.17) is 9.47 Å². The average Bonchev–Trinajstić information content (AvgIpc) is 3.47. The van der Waals surface area contributed by atoms with E-state index in [9.17, 15) is 4.79 Å². The van der Waals surface area contributed by atoms with Gasteiger partial charge in [0.25, 0.3) is 5.56 Å². The first-order valence-electron chi connectivity index (χ1n) is 12.2. The predicted octanol–water partition coefficient (Wildman–Crippen LogP) is 3.80. The summed E-state index contributed by atoms with van der Waals surface area (Å²) in [6.45, 7) is 12.9. The molecule has 1 N–H and O–H groups in total. The van der Waals surface area contributed by atoms with Gasteiger partial charge in [0.1, 0.15) is 5.75 Å². The Balaban J connectivity index is 1.71. The van der Waals surface area contributed by atoms with Gasteiger partial charge >= 0.3 is 0 Å². The van der Waals surface area contributed by atoms with Gasteiger partial charge in [-0.3, -0.25) is 9.69 Å². The van der Waals surface area contributed by atoms with Gasteiger partial charge in [-0.2, -0.15) is 0 Å². The van der Waals surface area contributed by atoms with Crippen LogP contribution in [0.4, 0.5) is 0 Å². The molecule has 1 aliphatic rings. The number of hydrogen-bond acceptors (Lipinski definition) is 7. The molecule has 1 aromatic carbocycles. The van der Waals surface area contributed by atoms with E-state index in [0.717, 1.165) is 48.3 Å². The van der Waals surface area contributed by atoms with Crippen LogP contribution in [0, 0.1) is 0 Å². The highest BCUT2D eigenvalue weighted by Gasteiger charge is 2.31. The predicted molar refractivity (Wildman–Crippen MR) is 131 cm³/mol. The van der Waals surface area contributed by atoms with Crippen LogP contribution in [0.2, 0.25) is 0 Å². The number of aromatic amines is 1. The van der Waals surface area contributed by atoms with E-state index in [0.29, 0.717) is 25.3 Å². The number of benzene rings is 1. The molecular formula is C25H36N6O3. The first kappa shape index (κ1) is 24.3. The van der Waals surface area contributed by atoms with Crippen molar-refractivity contribution < 1.29 is 9.47 Å². The van der Waals surface area contributed by atoms with Crippen LogP contribution in [-0.2, 0) is 16.8 Å². The summed E-state index contributed by atoms with van der Waals surface area (Å²) in [5.74, 6) is 1.60. The number of aromatic nitrogens is 5. The highest BCUT2D eigenvalue weighted by molar-refractivity contribution is 5.80. The normalized spacial score (nSPS) is 17.5. The Kier molecular flexibility index (Phi) is 7.33. The van der Waals surface area contributed by atoms with Gasteiger partial charge in [0, 0.05) is 36.2 Å². The van der Waals surface area contributed by atoms with Crippen molar-refractivity contribution in [2.24, 2.45) is 0 Å². The molecule has 1 aliphatic heterocycles. The molecule has 34 heavy (non-hydrogen) atoms. The summed E-state index contributed by atoms with van der Waals surface area (Å²) in [5, 5.41) is 13.6. The third kappa shape index (κ3) is 5.31. The van der Waals surface area contributed by atoms with Crippen molar-refractivity contribution in [2.75, 3.05) is 19.8 Å². The average molecular weight is 469 g/mol. The van der Waals surface area contributed by atoms with Crippen LogP contribution in [0.1, 0.15) is 71.3 Å². The molecule has 0 saturated carbocycles. The quantitative estimate of drug-likeness (QED) is 0.510. The van der Waals surface area contributed by atoms with Gasteiger partial charge in [0.05, 0.1) is 24.3 Å². The molecule has 0 radical (unpaired) electrons. The fourth-order valence-corrected chi connectivity index (χ4v) is 4.66. The number of ether oxygens (including phenoxy) is 2. The van der Waals surface area contributed by atoms with E-state index < -0.39 is 0 Å². The van der Waals surface area contributed by atoms with Crippen LogP contribution in [0.15, 0.2) is 29.1 Å². The molecule has 9 nitrogen and oxygen atoms in total. The lowest BCUT2D eigenvalue weighted by Crippen LogP contribution is -2.39. The Hall–Kier alpha value is -2.78. The van der Waals surface area contributed by atoms with Crippen molar-refractivity contribution in [2.45, 2.75) is 78.1 Å². The van der Waals surface area contributed by atoms with Gasteiger partial charge in [-0.15, -0.1) is 5.10 Å². The van der Waals surface area contributed by atoms with Crippen molar-refractivity contribution in [1.29, 1.82) is 0 Å². The molecule has 2 atom stereocenters. The largest absolute Gasteiger partial charge is 0.494 e. The Morgan fingerprint density at radius 3 is 2.79 bits per heavy atom. The van der Waals surface area contributed by atoms with E-state index in [1.807, 2.05) is 35.9 Å². The fraction of sp³-hybridized carbons (Fsp3) is 0.600. The molecule has 3 heterocycles. The molecule has 0 aliphatic carbocycles. The van der Waals surface area contributed by atoms with Crippen LogP contribution in [-0.4, -0.2) is 56.0 Å². The van der Waals surface area contributed by atoms with Gasteiger partial charge in [0.2, 0.25) is 0 Å². The first-order valence-corrected chi connectivity index (χ1v) is 12.2. The molecule has 3 aromatic rings. The Bertz CT molecular complexity index is 1160.